The maximum Gasteiger partial charge on any atom is 0.165 e. The van der Waals surface area contributed by atoms with E-state index in [9.17, 15) is 0 Å². The van der Waals surface area contributed by atoms with Gasteiger partial charge in [0.2, 0.25) is 0 Å². The number of hydrogen-bond donors (Lipinski definition) is 0. The lowest BCUT2D eigenvalue weighted by atomic mass is 9.91. The van der Waals surface area contributed by atoms with Gasteiger partial charge < -0.3 is 4.90 Å². The largest absolute Gasteiger partial charge is 0.354 e. The first-order valence-corrected chi connectivity index (χ1v) is 10.9. The highest BCUT2D eigenvalue weighted by atomic mass is 35.5. The summed E-state index contributed by atoms with van der Waals surface area (Å²) in [7, 11) is 0. The standard InChI is InChI=1S/C24H30ClN5/c1-17(2)16-28-10-12-29(13-11-28)22-14-21(24(3,4)5)27-23-19(15-26-30(22)23)18-8-6-7-9-20(18)25/h6-9,14-15H,1,10-13,16H2,2-5H3. The van der Waals surface area contributed by atoms with Crippen molar-refractivity contribution in [2.24, 2.45) is 0 Å². The number of halogens is 1. The Morgan fingerprint density at radius 2 is 1.80 bits per heavy atom. The Morgan fingerprint density at radius 3 is 2.43 bits per heavy atom. The van der Waals surface area contributed by atoms with Gasteiger partial charge in [-0.05, 0) is 13.0 Å². The van der Waals surface area contributed by atoms with E-state index in [1.165, 1.54) is 5.57 Å². The molecule has 0 radical (unpaired) electrons. The summed E-state index contributed by atoms with van der Waals surface area (Å²) in [5.74, 6) is 1.10. The number of piperazine rings is 1. The maximum atomic E-state index is 6.50. The first-order chi connectivity index (χ1) is 14.2. The number of hydrogen-bond acceptors (Lipinski definition) is 4. The predicted molar refractivity (Wildman–Crippen MR) is 126 cm³/mol. The zero-order valence-corrected chi connectivity index (χ0v) is 19.1. The van der Waals surface area contributed by atoms with Crippen LogP contribution in [-0.4, -0.2) is 52.2 Å². The van der Waals surface area contributed by atoms with Gasteiger partial charge in [0.1, 0.15) is 5.82 Å². The molecule has 4 rings (SSSR count). The number of aromatic nitrogens is 3. The van der Waals surface area contributed by atoms with Crippen molar-refractivity contribution in [1.29, 1.82) is 0 Å². The van der Waals surface area contributed by atoms with Crippen LogP contribution >= 0.6 is 11.6 Å². The summed E-state index contributed by atoms with van der Waals surface area (Å²) >= 11 is 6.50. The number of nitrogens with zero attached hydrogens (tertiary/aromatic N) is 5. The molecule has 0 aliphatic carbocycles. The van der Waals surface area contributed by atoms with E-state index in [2.05, 4.69) is 50.1 Å². The van der Waals surface area contributed by atoms with E-state index >= 15 is 0 Å². The minimum Gasteiger partial charge on any atom is -0.354 e. The van der Waals surface area contributed by atoms with Gasteiger partial charge in [-0.1, -0.05) is 62.7 Å². The van der Waals surface area contributed by atoms with Crippen LogP contribution in [-0.2, 0) is 5.41 Å². The van der Waals surface area contributed by atoms with Crippen LogP contribution in [0.15, 0.2) is 48.7 Å². The van der Waals surface area contributed by atoms with Crippen LogP contribution in [0, 0.1) is 0 Å². The minimum atomic E-state index is -0.0692. The van der Waals surface area contributed by atoms with Gasteiger partial charge in [-0.3, -0.25) is 4.90 Å². The zero-order valence-electron chi connectivity index (χ0n) is 18.3. The number of benzene rings is 1. The van der Waals surface area contributed by atoms with Crippen molar-refractivity contribution in [2.75, 3.05) is 37.6 Å². The van der Waals surface area contributed by atoms with Gasteiger partial charge in [0.05, 0.1) is 11.9 Å². The van der Waals surface area contributed by atoms with Crippen molar-refractivity contribution in [3.63, 3.8) is 0 Å². The molecule has 1 aromatic carbocycles. The van der Waals surface area contributed by atoms with Gasteiger partial charge in [0, 0.05) is 60.4 Å². The molecule has 0 saturated carbocycles. The minimum absolute atomic E-state index is 0.0692. The first kappa shape index (κ1) is 20.9. The highest BCUT2D eigenvalue weighted by Gasteiger charge is 2.25. The monoisotopic (exact) mass is 423 g/mol. The third-order valence-corrected chi connectivity index (χ3v) is 5.90. The zero-order chi connectivity index (χ0) is 21.5. The van der Waals surface area contributed by atoms with Gasteiger partial charge in [0.15, 0.2) is 5.65 Å². The van der Waals surface area contributed by atoms with Crippen LogP contribution in [0.5, 0.6) is 0 Å². The van der Waals surface area contributed by atoms with Gasteiger partial charge in [-0.25, -0.2) is 4.98 Å². The average Bonchev–Trinajstić information content (AvgIpc) is 3.11. The quantitative estimate of drug-likeness (QED) is 0.550. The van der Waals surface area contributed by atoms with E-state index in [4.69, 9.17) is 21.7 Å². The van der Waals surface area contributed by atoms with E-state index in [0.717, 1.165) is 61.0 Å². The van der Waals surface area contributed by atoms with Gasteiger partial charge in [0.25, 0.3) is 0 Å². The summed E-state index contributed by atoms with van der Waals surface area (Å²) in [5, 5.41) is 5.44. The Labute approximate surface area is 184 Å². The molecular weight excluding hydrogens is 394 g/mol. The molecule has 6 heteroatoms. The second kappa shape index (κ2) is 8.05. The molecule has 3 heterocycles. The molecule has 2 aromatic heterocycles. The van der Waals surface area contributed by atoms with E-state index in [-0.39, 0.29) is 5.41 Å². The molecule has 0 N–H and O–H groups in total. The lowest BCUT2D eigenvalue weighted by Crippen LogP contribution is -2.47. The summed E-state index contributed by atoms with van der Waals surface area (Å²) in [5.41, 5.74) is 4.98. The van der Waals surface area contributed by atoms with Crippen molar-refractivity contribution < 1.29 is 0 Å². The van der Waals surface area contributed by atoms with Crippen LogP contribution in [0.2, 0.25) is 5.02 Å². The molecule has 3 aromatic rings. The molecular formula is C24H30ClN5. The van der Waals surface area contributed by atoms with E-state index < -0.39 is 0 Å². The van der Waals surface area contributed by atoms with Crippen molar-refractivity contribution in [2.45, 2.75) is 33.1 Å². The van der Waals surface area contributed by atoms with Crippen LogP contribution in [0.4, 0.5) is 5.82 Å². The van der Waals surface area contributed by atoms with Gasteiger partial charge in [-0.15, -0.1) is 0 Å². The van der Waals surface area contributed by atoms with Gasteiger partial charge in [-0.2, -0.15) is 9.61 Å². The van der Waals surface area contributed by atoms with Crippen molar-refractivity contribution in [1.82, 2.24) is 19.5 Å². The Kier molecular flexibility index (Phi) is 5.60. The normalized spacial score (nSPS) is 15.7. The molecule has 1 aliphatic heterocycles. The fourth-order valence-electron chi connectivity index (χ4n) is 3.94. The molecule has 158 valence electrons. The fourth-order valence-corrected chi connectivity index (χ4v) is 4.18. The molecule has 1 fully saturated rings. The topological polar surface area (TPSA) is 36.7 Å². The van der Waals surface area contributed by atoms with E-state index in [1.54, 1.807) is 0 Å². The Morgan fingerprint density at radius 1 is 1.10 bits per heavy atom. The highest BCUT2D eigenvalue weighted by Crippen LogP contribution is 2.34. The predicted octanol–water partition coefficient (Wildman–Crippen LogP) is 5.05. The van der Waals surface area contributed by atoms with E-state index in [0.29, 0.717) is 5.02 Å². The lowest BCUT2D eigenvalue weighted by Gasteiger charge is -2.36. The molecule has 1 aliphatic rings. The maximum absolute atomic E-state index is 6.50. The van der Waals surface area contributed by atoms with Crippen LogP contribution in [0.25, 0.3) is 16.8 Å². The Balaban J connectivity index is 1.78. The Hall–Kier alpha value is -2.37. The molecule has 30 heavy (non-hydrogen) atoms. The summed E-state index contributed by atoms with van der Waals surface area (Å²) < 4.78 is 1.97. The number of fused-ring (bicyclic) bond motifs is 1. The average molecular weight is 424 g/mol. The molecule has 5 nitrogen and oxygen atoms in total. The molecule has 0 unspecified atom stereocenters. The summed E-state index contributed by atoms with van der Waals surface area (Å²) in [6.45, 7) is 17.7. The molecule has 0 atom stereocenters. The lowest BCUT2D eigenvalue weighted by molar-refractivity contribution is 0.277. The smallest absolute Gasteiger partial charge is 0.165 e. The number of rotatable bonds is 4. The summed E-state index contributed by atoms with van der Waals surface area (Å²) in [4.78, 5) is 9.90. The Bertz CT molecular complexity index is 1070. The van der Waals surface area contributed by atoms with Crippen molar-refractivity contribution in [3.8, 4) is 11.1 Å². The van der Waals surface area contributed by atoms with Crippen LogP contribution < -0.4 is 4.90 Å². The van der Waals surface area contributed by atoms with Gasteiger partial charge >= 0.3 is 0 Å². The molecule has 1 saturated heterocycles. The third kappa shape index (κ3) is 4.09. The number of anilines is 1. The summed E-state index contributed by atoms with van der Waals surface area (Å²) in [6, 6.07) is 10.1. The highest BCUT2D eigenvalue weighted by molar-refractivity contribution is 6.33. The molecule has 0 spiro atoms. The summed E-state index contributed by atoms with van der Waals surface area (Å²) in [6.07, 6.45) is 1.89. The molecule has 0 amide bonds. The second-order valence-electron chi connectivity index (χ2n) is 9.24. The van der Waals surface area contributed by atoms with Crippen molar-refractivity contribution in [3.05, 3.63) is 59.4 Å². The SMILES string of the molecule is C=C(C)CN1CCN(c2cc(C(C)(C)C)nc3c(-c4ccccc4Cl)cnn23)CC1. The third-order valence-electron chi connectivity index (χ3n) is 5.58. The fraction of sp³-hybridized carbons (Fsp3) is 0.417. The van der Waals surface area contributed by atoms with E-state index in [1.807, 2.05) is 35.0 Å². The first-order valence-electron chi connectivity index (χ1n) is 10.5. The molecule has 0 bridgehead atoms. The van der Waals surface area contributed by atoms with Crippen molar-refractivity contribution >= 4 is 23.1 Å². The van der Waals surface area contributed by atoms with Crippen LogP contribution in [0.1, 0.15) is 33.4 Å². The second-order valence-corrected chi connectivity index (χ2v) is 9.65. The van der Waals surface area contributed by atoms with Crippen LogP contribution in [0.3, 0.4) is 0 Å².